The first-order valence-electron chi connectivity index (χ1n) is 10.7. The van der Waals surface area contributed by atoms with E-state index in [1.807, 2.05) is 0 Å². The highest BCUT2D eigenvalue weighted by Gasteiger charge is 2.44. The van der Waals surface area contributed by atoms with Gasteiger partial charge in [0.05, 0.1) is 30.2 Å². The summed E-state index contributed by atoms with van der Waals surface area (Å²) in [5.74, 6) is -1.39. The van der Waals surface area contributed by atoms with Crippen LogP contribution in [0.3, 0.4) is 0 Å². The molecule has 3 amide bonds. The number of amides is 3. The third-order valence-corrected chi connectivity index (χ3v) is 5.84. The largest absolute Gasteiger partial charge is 0.379 e. The molecule has 2 fully saturated rings. The molecule has 0 aromatic heterocycles. The van der Waals surface area contributed by atoms with Crippen molar-refractivity contribution in [1.29, 1.82) is 0 Å². The van der Waals surface area contributed by atoms with E-state index in [1.54, 1.807) is 30.3 Å². The van der Waals surface area contributed by atoms with Crippen LogP contribution in [0.4, 0.5) is 11.4 Å². The Labute approximate surface area is 190 Å². The van der Waals surface area contributed by atoms with Gasteiger partial charge in [0.2, 0.25) is 5.91 Å². The van der Waals surface area contributed by atoms with Crippen LogP contribution in [0.15, 0.2) is 54.6 Å². The number of para-hydroxylation sites is 1. The number of morpholine rings is 1. The molecule has 0 radical (unpaired) electrons. The van der Waals surface area contributed by atoms with E-state index in [-0.39, 0.29) is 30.1 Å². The van der Waals surface area contributed by atoms with Gasteiger partial charge in [-0.3, -0.25) is 29.4 Å². The Balaban J connectivity index is 1.61. The fourth-order valence-electron chi connectivity index (χ4n) is 4.10. The van der Waals surface area contributed by atoms with Gasteiger partial charge >= 0.3 is 0 Å². The maximum absolute atomic E-state index is 13.5. The molecule has 1 unspecified atom stereocenters. The molecule has 2 aromatic carbocycles. The number of nitro groups is 1. The lowest BCUT2D eigenvalue weighted by atomic mass is 10.1. The van der Waals surface area contributed by atoms with Gasteiger partial charge in [0, 0.05) is 43.9 Å². The Morgan fingerprint density at radius 1 is 1.09 bits per heavy atom. The molecule has 0 N–H and O–H groups in total. The Morgan fingerprint density at radius 3 is 2.52 bits per heavy atom. The molecule has 33 heavy (non-hydrogen) atoms. The van der Waals surface area contributed by atoms with Gasteiger partial charge in [0.1, 0.15) is 6.04 Å². The van der Waals surface area contributed by atoms with Gasteiger partial charge in [0.15, 0.2) is 0 Å². The highest BCUT2D eigenvalue weighted by Crippen LogP contribution is 2.27. The molecular weight excluding hydrogens is 428 g/mol. The molecule has 2 aliphatic rings. The minimum absolute atomic E-state index is 0.101. The number of anilines is 1. The predicted molar refractivity (Wildman–Crippen MR) is 119 cm³/mol. The van der Waals surface area contributed by atoms with Crippen molar-refractivity contribution in [3.63, 3.8) is 0 Å². The number of benzene rings is 2. The molecule has 0 bridgehead atoms. The highest BCUT2D eigenvalue weighted by atomic mass is 16.6. The number of hydrogen-bond donors (Lipinski definition) is 0. The Bertz CT molecular complexity index is 1050. The van der Waals surface area contributed by atoms with Crippen molar-refractivity contribution in [3.05, 3.63) is 70.3 Å². The number of carbonyl (C=O) groups excluding carboxylic acids is 3. The monoisotopic (exact) mass is 452 g/mol. The second-order valence-corrected chi connectivity index (χ2v) is 7.88. The number of hydrogen-bond acceptors (Lipinski definition) is 7. The molecule has 4 rings (SSSR count). The zero-order valence-electron chi connectivity index (χ0n) is 18.0. The first-order chi connectivity index (χ1) is 16.0. The molecule has 172 valence electrons. The van der Waals surface area contributed by atoms with Crippen LogP contribution in [-0.4, -0.2) is 77.9 Å². The molecule has 0 aliphatic carbocycles. The van der Waals surface area contributed by atoms with Crippen LogP contribution in [0.25, 0.3) is 0 Å². The first kappa shape index (κ1) is 22.6. The summed E-state index contributed by atoms with van der Waals surface area (Å²) < 4.78 is 5.36. The topological polar surface area (TPSA) is 113 Å². The van der Waals surface area contributed by atoms with Crippen LogP contribution in [0.2, 0.25) is 0 Å². The van der Waals surface area contributed by atoms with E-state index in [0.29, 0.717) is 38.5 Å². The van der Waals surface area contributed by atoms with E-state index in [2.05, 4.69) is 4.90 Å². The van der Waals surface area contributed by atoms with Crippen LogP contribution >= 0.6 is 0 Å². The minimum atomic E-state index is -0.981. The van der Waals surface area contributed by atoms with Crippen LogP contribution in [0.5, 0.6) is 0 Å². The minimum Gasteiger partial charge on any atom is -0.379 e. The normalized spacial score (nSPS) is 19.0. The molecule has 10 nitrogen and oxygen atoms in total. The molecule has 2 aromatic rings. The van der Waals surface area contributed by atoms with Gasteiger partial charge in [-0.05, 0) is 18.2 Å². The smallest absolute Gasteiger partial charge is 0.270 e. The van der Waals surface area contributed by atoms with E-state index in [4.69, 9.17) is 4.74 Å². The zero-order valence-corrected chi connectivity index (χ0v) is 18.0. The van der Waals surface area contributed by atoms with Crippen molar-refractivity contribution in [2.45, 2.75) is 12.5 Å². The fourth-order valence-corrected chi connectivity index (χ4v) is 4.10. The quantitative estimate of drug-likeness (QED) is 0.357. The van der Waals surface area contributed by atoms with Crippen molar-refractivity contribution < 1.29 is 24.0 Å². The van der Waals surface area contributed by atoms with E-state index in [1.165, 1.54) is 29.2 Å². The van der Waals surface area contributed by atoms with Crippen LogP contribution in [0, 0.1) is 10.1 Å². The summed E-state index contributed by atoms with van der Waals surface area (Å²) in [5.41, 5.74) is 0.337. The zero-order chi connectivity index (χ0) is 23.4. The lowest BCUT2D eigenvalue weighted by Gasteiger charge is -2.32. The lowest BCUT2D eigenvalue weighted by molar-refractivity contribution is -0.384. The SMILES string of the molecule is O=C1CC(N(CCN2CCOCC2)C(=O)c2cccc([N+](=O)[O-])c2)C(=O)N1c1ccccc1. The number of rotatable bonds is 7. The number of carbonyl (C=O) groups is 3. The third-order valence-electron chi connectivity index (χ3n) is 5.84. The van der Waals surface area contributed by atoms with Crippen molar-refractivity contribution in [1.82, 2.24) is 9.80 Å². The average molecular weight is 452 g/mol. The maximum atomic E-state index is 13.5. The predicted octanol–water partition coefficient (Wildman–Crippen LogP) is 1.70. The van der Waals surface area contributed by atoms with Crippen LogP contribution in [0.1, 0.15) is 16.8 Å². The average Bonchev–Trinajstić information content (AvgIpc) is 3.13. The van der Waals surface area contributed by atoms with Crippen molar-refractivity contribution in [2.75, 3.05) is 44.3 Å². The lowest BCUT2D eigenvalue weighted by Crippen LogP contribution is -2.49. The number of nitrogens with zero attached hydrogens (tertiary/aromatic N) is 4. The molecule has 2 aliphatic heterocycles. The van der Waals surface area contributed by atoms with Gasteiger partial charge < -0.3 is 9.64 Å². The van der Waals surface area contributed by atoms with Crippen molar-refractivity contribution >= 4 is 29.1 Å². The van der Waals surface area contributed by atoms with Crippen LogP contribution in [-0.2, 0) is 14.3 Å². The van der Waals surface area contributed by atoms with Gasteiger partial charge in [-0.15, -0.1) is 0 Å². The Kier molecular flexibility index (Phi) is 6.76. The van der Waals surface area contributed by atoms with Gasteiger partial charge in [0.25, 0.3) is 17.5 Å². The summed E-state index contributed by atoms with van der Waals surface area (Å²) in [6.07, 6.45) is -0.141. The number of ether oxygens (including phenoxy) is 1. The van der Waals surface area contributed by atoms with E-state index in [9.17, 15) is 24.5 Å². The Morgan fingerprint density at radius 2 is 1.82 bits per heavy atom. The highest BCUT2D eigenvalue weighted by molar-refractivity contribution is 6.23. The Hall–Kier alpha value is -3.63. The van der Waals surface area contributed by atoms with Gasteiger partial charge in [-0.25, -0.2) is 4.90 Å². The van der Waals surface area contributed by atoms with Crippen molar-refractivity contribution in [3.8, 4) is 0 Å². The summed E-state index contributed by atoms with van der Waals surface area (Å²) in [6, 6.07) is 13.0. The molecule has 0 spiro atoms. The van der Waals surface area contributed by atoms with Crippen LogP contribution < -0.4 is 4.90 Å². The molecule has 0 saturated carbocycles. The number of non-ortho nitro benzene ring substituents is 1. The maximum Gasteiger partial charge on any atom is 0.270 e. The summed E-state index contributed by atoms with van der Waals surface area (Å²) in [5, 5.41) is 11.2. The van der Waals surface area contributed by atoms with Crippen molar-refractivity contribution in [2.24, 2.45) is 0 Å². The fraction of sp³-hybridized carbons (Fsp3) is 0.348. The molecule has 10 heteroatoms. The second-order valence-electron chi connectivity index (χ2n) is 7.88. The van der Waals surface area contributed by atoms with E-state index >= 15 is 0 Å². The second kappa shape index (κ2) is 9.88. The number of imide groups is 1. The summed E-state index contributed by atoms with van der Waals surface area (Å²) in [7, 11) is 0. The molecular formula is C23H24N4O6. The molecule has 1 atom stereocenters. The summed E-state index contributed by atoms with van der Waals surface area (Å²) >= 11 is 0. The standard InChI is InChI=1S/C23H24N4O6/c28-21-16-20(23(30)26(21)18-6-2-1-3-7-18)25(10-9-24-11-13-33-14-12-24)22(29)17-5-4-8-19(15-17)27(31)32/h1-8,15,20H,9-14,16H2. The van der Waals surface area contributed by atoms with E-state index < -0.39 is 22.8 Å². The summed E-state index contributed by atoms with van der Waals surface area (Å²) in [6.45, 7) is 3.27. The number of nitro benzene ring substituents is 1. The first-order valence-corrected chi connectivity index (χ1v) is 10.7. The molecule has 2 saturated heterocycles. The third kappa shape index (κ3) is 4.91. The van der Waals surface area contributed by atoms with Gasteiger partial charge in [-0.1, -0.05) is 24.3 Å². The van der Waals surface area contributed by atoms with Gasteiger partial charge in [-0.2, -0.15) is 0 Å². The summed E-state index contributed by atoms with van der Waals surface area (Å²) in [4.78, 5) is 54.7. The molecule has 2 heterocycles. The van der Waals surface area contributed by atoms with E-state index in [0.717, 1.165) is 4.90 Å².